The van der Waals surface area contributed by atoms with Crippen molar-refractivity contribution in [1.29, 1.82) is 0 Å². The molecule has 0 unspecified atom stereocenters. The topological polar surface area (TPSA) is 45.2 Å². The van der Waals surface area contributed by atoms with E-state index in [2.05, 4.69) is 45.0 Å². The predicted octanol–water partition coefficient (Wildman–Crippen LogP) is 2.70. The van der Waals surface area contributed by atoms with Crippen LogP contribution < -0.4 is 5.32 Å². The summed E-state index contributed by atoms with van der Waals surface area (Å²) in [5.41, 5.74) is 0.595. The van der Waals surface area contributed by atoms with E-state index in [4.69, 9.17) is 0 Å². The number of hydrogen-bond acceptors (Lipinski definition) is 3. The second-order valence-electron chi connectivity index (χ2n) is 4.38. The van der Waals surface area contributed by atoms with Gasteiger partial charge >= 0.3 is 0 Å². The number of carbonyl (C=O) groups excluding carboxylic acids is 1. The van der Waals surface area contributed by atoms with Gasteiger partial charge in [-0.05, 0) is 54.5 Å². The molecule has 0 bridgehead atoms. The largest absolute Gasteiger partial charge is 0.352 e. The van der Waals surface area contributed by atoms with E-state index >= 15 is 0 Å². The Morgan fingerprint density at radius 3 is 2.68 bits per heavy atom. The molecule has 1 N–H and O–H groups in total. The fraction of sp³-hybridized carbons (Fsp3) is 0.571. The van der Waals surface area contributed by atoms with E-state index < -0.39 is 0 Å². The van der Waals surface area contributed by atoms with Crippen LogP contribution >= 0.6 is 15.9 Å². The van der Waals surface area contributed by atoms with Crippen LogP contribution in [-0.4, -0.2) is 42.0 Å². The van der Waals surface area contributed by atoms with Crippen LogP contribution in [0.1, 0.15) is 37.0 Å². The number of halogens is 1. The van der Waals surface area contributed by atoms with Crippen LogP contribution in [0.4, 0.5) is 0 Å². The molecule has 0 aliphatic carbocycles. The Labute approximate surface area is 123 Å². The number of carbonyl (C=O) groups is 1. The Bertz CT molecular complexity index is 394. The minimum atomic E-state index is -0.0587. The Balaban J connectivity index is 2.21. The predicted molar refractivity (Wildman–Crippen MR) is 81.3 cm³/mol. The van der Waals surface area contributed by atoms with E-state index in [1.165, 1.54) is 0 Å². The fourth-order valence-corrected chi connectivity index (χ4v) is 2.21. The first-order chi connectivity index (χ1) is 9.17. The first kappa shape index (κ1) is 16.1. The summed E-state index contributed by atoms with van der Waals surface area (Å²) in [5.74, 6) is -0.0587. The van der Waals surface area contributed by atoms with Crippen molar-refractivity contribution >= 4 is 21.8 Å². The van der Waals surface area contributed by atoms with Gasteiger partial charge in [-0.15, -0.1) is 0 Å². The average molecular weight is 328 g/mol. The van der Waals surface area contributed by atoms with Crippen LogP contribution in [0.2, 0.25) is 0 Å². The van der Waals surface area contributed by atoms with Gasteiger partial charge in [0.25, 0.3) is 5.91 Å². The summed E-state index contributed by atoms with van der Waals surface area (Å²) < 4.78 is 0.821. The number of nitrogens with one attached hydrogen (secondary N) is 1. The van der Waals surface area contributed by atoms with Crippen LogP contribution in [0.25, 0.3) is 0 Å². The molecule has 0 saturated heterocycles. The van der Waals surface area contributed by atoms with Crippen molar-refractivity contribution in [2.45, 2.75) is 26.7 Å². The third-order valence-electron chi connectivity index (χ3n) is 3.05. The highest BCUT2D eigenvalue weighted by atomic mass is 79.9. The molecule has 0 spiro atoms. The van der Waals surface area contributed by atoms with E-state index in [-0.39, 0.29) is 5.91 Å². The van der Waals surface area contributed by atoms with Crippen molar-refractivity contribution in [3.05, 3.63) is 28.5 Å². The molecule has 1 amide bonds. The van der Waals surface area contributed by atoms with Gasteiger partial charge in [-0.25, -0.2) is 0 Å². The van der Waals surface area contributed by atoms with Gasteiger partial charge in [0.2, 0.25) is 0 Å². The number of hydrogen-bond donors (Lipinski definition) is 1. The zero-order valence-electron chi connectivity index (χ0n) is 11.7. The van der Waals surface area contributed by atoms with Crippen molar-refractivity contribution in [2.24, 2.45) is 0 Å². The van der Waals surface area contributed by atoms with Gasteiger partial charge in [0.15, 0.2) is 0 Å². The summed E-state index contributed by atoms with van der Waals surface area (Å²) >= 11 is 3.31. The lowest BCUT2D eigenvalue weighted by atomic mass is 10.2. The Morgan fingerprint density at radius 2 is 2.05 bits per heavy atom. The molecule has 5 heteroatoms. The van der Waals surface area contributed by atoms with Crippen LogP contribution in [0.5, 0.6) is 0 Å². The number of nitrogens with zero attached hydrogens (tertiary/aromatic N) is 2. The normalized spacial score (nSPS) is 10.7. The van der Waals surface area contributed by atoms with Gasteiger partial charge in [0.1, 0.15) is 0 Å². The number of rotatable bonds is 8. The van der Waals surface area contributed by atoms with E-state index in [9.17, 15) is 4.79 Å². The number of aromatic nitrogens is 1. The molecule has 1 heterocycles. The van der Waals surface area contributed by atoms with Crippen molar-refractivity contribution in [1.82, 2.24) is 15.2 Å². The lowest BCUT2D eigenvalue weighted by Crippen LogP contribution is -2.27. The third-order valence-corrected chi connectivity index (χ3v) is 3.48. The average Bonchev–Trinajstić information content (AvgIpc) is 2.42. The molecular weight excluding hydrogens is 306 g/mol. The van der Waals surface area contributed by atoms with Crippen LogP contribution in [0.15, 0.2) is 22.9 Å². The molecule has 4 nitrogen and oxygen atoms in total. The second-order valence-corrected chi connectivity index (χ2v) is 5.30. The van der Waals surface area contributed by atoms with Gasteiger partial charge in [0.05, 0.1) is 5.56 Å². The molecule has 0 atom stereocenters. The zero-order valence-corrected chi connectivity index (χ0v) is 13.2. The van der Waals surface area contributed by atoms with E-state index in [1.807, 2.05) is 0 Å². The van der Waals surface area contributed by atoms with E-state index in [1.54, 1.807) is 18.5 Å². The molecule has 1 rings (SSSR count). The monoisotopic (exact) mass is 327 g/mol. The molecule has 106 valence electrons. The minimum Gasteiger partial charge on any atom is -0.352 e. The zero-order chi connectivity index (χ0) is 14.1. The maximum absolute atomic E-state index is 11.8. The second kappa shape index (κ2) is 9.04. The maximum Gasteiger partial charge on any atom is 0.252 e. The van der Waals surface area contributed by atoms with Gasteiger partial charge in [-0.1, -0.05) is 13.8 Å². The van der Waals surface area contributed by atoms with Gasteiger partial charge in [-0.2, -0.15) is 0 Å². The molecule has 0 radical (unpaired) electrons. The standard InChI is InChI=1S/C14H22BrN3O/c1-3-18(4-2)8-6-5-7-17-14(19)12-9-13(15)11-16-10-12/h9-11H,3-8H2,1-2H3,(H,17,19). The summed E-state index contributed by atoms with van der Waals surface area (Å²) in [6.07, 6.45) is 5.36. The third kappa shape index (κ3) is 6.16. The highest BCUT2D eigenvalue weighted by molar-refractivity contribution is 9.10. The maximum atomic E-state index is 11.8. The molecule has 0 fully saturated rings. The summed E-state index contributed by atoms with van der Waals surface area (Å²) in [6.45, 7) is 8.34. The van der Waals surface area contributed by atoms with Crippen LogP contribution in [-0.2, 0) is 0 Å². The number of unbranched alkanes of at least 4 members (excludes halogenated alkanes) is 1. The lowest BCUT2D eigenvalue weighted by Gasteiger charge is -2.17. The van der Waals surface area contributed by atoms with Gasteiger partial charge < -0.3 is 10.2 Å². The molecule has 0 saturated carbocycles. The first-order valence-electron chi connectivity index (χ1n) is 6.78. The molecular formula is C14H22BrN3O. The van der Waals surface area contributed by atoms with Gasteiger partial charge in [-0.3, -0.25) is 9.78 Å². The SMILES string of the molecule is CCN(CC)CCCCNC(=O)c1cncc(Br)c1. The first-order valence-corrected chi connectivity index (χ1v) is 7.57. The molecule has 1 aromatic rings. The summed E-state index contributed by atoms with van der Waals surface area (Å²) in [7, 11) is 0. The number of amides is 1. The molecule has 19 heavy (non-hydrogen) atoms. The summed E-state index contributed by atoms with van der Waals surface area (Å²) in [5, 5.41) is 2.92. The van der Waals surface area contributed by atoms with Crippen LogP contribution in [0, 0.1) is 0 Å². The Hall–Kier alpha value is -0.940. The Kier molecular flexibility index (Phi) is 7.67. The lowest BCUT2D eigenvalue weighted by molar-refractivity contribution is 0.0952. The van der Waals surface area contributed by atoms with Crippen molar-refractivity contribution in [2.75, 3.05) is 26.2 Å². The minimum absolute atomic E-state index is 0.0587. The summed E-state index contributed by atoms with van der Waals surface area (Å²) in [4.78, 5) is 18.2. The van der Waals surface area contributed by atoms with Crippen LogP contribution in [0.3, 0.4) is 0 Å². The highest BCUT2D eigenvalue weighted by Gasteiger charge is 2.05. The fourth-order valence-electron chi connectivity index (χ4n) is 1.84. The molecule has 0 aliphatic heterocycles. The molecule has 0 aromatic carbocycles. The van der Waals surface area contributed by atoms with E-state index in [0.717, 1.165) is 36.9 Å². The quantitative estimate of drug-likeness (QED) is 0.746. The van der Waals surface area contributed by atoms with Gasteiger partial charge in [0, 0.05) is 23.4 Å². The summed E-state index contributed by atoms with van der Waals surface area (Å²) in [6, 6.07) is 1.78. The molecule has 1 aromatic heterocycles. The van der Waals surface area contributed by atoms with Crippen molar-refractivity contribution < 1.29 is 4.79 Å². The van der Waals surface area contributed by atoms with E-state index in [0.29, 0.717) is 12.1 Å². The van der Waals surface area contributed by atoms with Crippen molar-refractivity contribution in [3.8, 4) is 0 Å². The highest BCUT2D eigenvalue weighted by Crippen LogP contribution is 2.09. The Morgan fingerprint density at radius 1 is 1.32 bits per heavy atom. The smallest absolute Gasteiger partial charge is 0.252 e. The number of pyridine rings is 1. The van der Waals surface area contributed by atoms with Crippen molar-refractivity contribution in [3.63, 3.8) is 0 Å². The molecule has 0 aliphatic rings.